The van der Waals surface area contributed by atoms with Crippen LogP contribution in [0.25, 0.3) is 5.69 Å². The second-order valence-corrected chi connectivity index (χ2v) is 9.31. The lowest BCUT2D eigenvalue weighted by atomic mass is 9.87. The average Bonchev–Trinajstić information content (AvgIpc) is 2.99. The van der Waals surface area contributed by atoms with Crippen LogP contribution in [-0.2, 0) is 13.6 Å². The van der Waals surface area contributed by atoms with Crippen molar-refractivity contribution in [1.82, 2.24) is 14.3 Å². The Bertz CT molecular complexity index is 1230. The highest BCUT2D eigenvalue weighted by molar-refractivity contribution is 6.31. The number of benzene rings is 2. The number of rotatable bonds is 5. The van der Waals surface area contributed by atoms with Gasteiger partial charge in [0.1, 0.15) is 10.8 Å². The standard InChI is InChI=1S/C24H24Cl2F3N3O2/c1-15-3-4-17(25)13-20(15)16-9-11-31(12-10-16)14-21-22(26)23(33)32(30(21)2)18-5-7-19(8-6-18)34-24(27,28)29/h3-8,13,16H,9-12,14H2,1-2H3. The van der Waals surface area contributed by atoms with E-state index in [1.165, 1.54) is 40.1 Å². The van der Waals surface area contributed by atoms with Gasteiger partial charge in [-0.15, -0.1) is 13.2 Å². The van der Waals surface area contributed by atoms with Crippen molar-refractivity contribution in [3.05, 3.63) is 79.7 Å². The minimum Gasteiger partial charge on any atom is -0.406 e. The average molecular weight is 514 g/mol. The molecule has 0 aliphatic carbocycles. The molecule has 1 aliphatic rings. The Labute approximate surface area is 205 Å². The molecule has 5 nitrogen and oxygen atoms in total. The Hall–Kier alpha value is -2.42. The SMILES string of the molecule is Cc1ccc(Cl)cc1C1CCN(Cc2c(Cl)c(=O)n(-c3ccc(OC(F)(F)F)cc3)n2C)CC1. The van der Waals surface area contributed by atoms with E-state index in [2.05, 4.69) is 16.6 Å². The molecule has 0 N–H and O–H groups in total. The van der Waals surface area contributed by atoms with Gasteiger partial charge >= 0.3 is 6.36 Å². The first-order valence-electron chi connectivity index (χ1n) is 10.8. The molecule has 0 atom stereocenters. The van der Waals surface area contributed by atoms with Crippen LogP contribution in [0, 0.1) is 6.92 Å². The van der Waals surface area contributed by atoms with Gasteiger partial charge in [0.25, 0.3) is 5.56 Å². The van der Waals surface area contributed by atoms with Gasteiger partial charge in [-0.2, -0.15) is 0 Å². The molecule has 1 aromatic heterocycles. The van der Waals surface area contributed by atoms with E-state index in [1.807, 2.05) is 18.2 Å². The summed E-state index contributed by atoms with van der Waals surface area (Å²) in [6.07, 6.45) is -2.85. The van der Waals surface area contributed by atoms with E-state index in [9.17, 15) is 18.0 Å². The van der Waals surface area contributed by atoms with E-state index in [1.54, 1.807) is 11.7 Å². The van der Waals surface area contributed by atoms with Crippen molar-refractivity contribution in [2.75, 3.05) is 13.1 Å². The zero-order valence-corrected chi connectivity index (χ0v) is 20.2. The molecule has 2 aromatic carbocycles. The van der Waals surface area contributed by atoms with Gasteiger partial charge in [-0.25, -0.2) is 4.68 Å². The number of aryl methyl sites for hydroxylation is 1. The zero-order valence-electron chi connectivity index (χ0n) is 18.7. The Kier molecular flexibility index (Phi) is 7.03. The Morgan fingerprint density at radius 2 is 1.71 bits per heavy atom. The smallest absolute Gasteiger partial charge is 0.406 e. The van der Waals surface area contributed by atoms with Crippen molar-refractivity contribution in [3.8, 4) is 11.4 Å². The molecule has 2 heterocycles. The quantitative estimate of drug-likeness (QED) is 0.415. The summed E-state index contributed by atoms with van der Waals surface area (Å²) in [7, 11) is 1.71. The number of hydrogen-bond donors (Lipinski definition) is 0. The van der Waals surface area contributed by atoms with Crippen LogP contribution in [0.5, 0.6) is 5.75 Å². The predicted molar refractivity (Wildman–Crippen MR) is 126 cm³/mol. The largest absolute Gasteiger partial charge is 0.573 e. The Balaban J connectivity index is 1.49. The molecule has 3 aromatic rings. The van der Waals surface area contributed by atoms with E-state index in [0.29, 0.717) is 23.8 Å². The first-order valence-corrected chi connectivity index (χ1v) is 11.6. The molecule has 34 heavy (non-hydrogen) atoms. The molecule has 0 amide bonds. The molecule has 0 spiro atoms. The summed E-state index contributed by atoms with van der Waals surface area (Å²) >= 11 is 12.6. The summed E-state index contributed by atoms with van der Waals surface area (Å²) < 4.78 is 44.2. The van der Waals surface area contributed by atoms with Gasteiger partial charge in [0.05, 0.1) is 11.4 Å². The third-order valence-electron chi connectivity index (χ3n) is 6.28. The Morgan fingerprint density at radius 1 is 1.06 bits per heavy atom. The van der Waals surface area contributed by atoms with Crippen LogP contribution in [0.4, 0.5) is 13.2 Å². The molecule has 1 saturated heterocycles. The van der Waals surface area contributed by atoms with E-state index < -0.39 is 11.9 Å². The summed E-state index contributed by atoms with van der Waals surface area (Å²) in [6, 6.07) is 11.1. The second-order valence-electron chi connectivity index (χ2n) is 8.49. The number of nitrogens with zero attached hydrogens (tertiary/aromatic N) is 3. The maximum Gasteiger partial charge on any atom is 0.573 e. The van der Waals surface area contributed by atoms with Crippen LogP contribution < -0.4 is 10.3 Å². The van der Waals surface area contributed by atoms with Crippen LogP contribution in [0.2, 0.25) is 10.0 Å². The molecule has 4 rings (SSSR count). The van der Waals surface area contributed by atoms with E-state index >= 15 is 0 Å². The molecule has 0 unspecified atom stereocenters. The molecule has 0 saturated carbocycles. The van der Waals surface area contributed by atoms with Crippen LogP contribution in [0.15, 0.2) is 47.3 Å². The lowest BCUT2D eigenvalue weighted by molar-refractivity contribution is -0.274. The number of ether oxygens (including phenoxy) is 1. The minimum atomic E-state index is -4.78. The van der Waals surface area contributed by atoms with Crippen LogP contribution in [-0.4, -0.2) is 33.7 Å². The predicted octanol–water partition coefficient (Wildman–Crippen LogP) is 6.07. The van der Waals surface area contributed by atoms with Crippen molar-refractivity contribution in [2.24, 2.45) is 7.05 Å². The number of halogens is 5. The topological polar surface area (TPSA) is 39.4 Å². The molecule has 1 aliphatic heterocycles. The van der Waals surface area contributed by atoms with Crippen molar-refractivity contribution >= 4 is 23.2 Å². The molecule has 0 bridgehead atoms. The lowest BCUT2D eigenvalue weighted by Gasteiger charge is -2.33. The lowest BCUT2D eigenvalue weighted by Crippen LogP contribution is -2.33. The first kappa shape index (κ1) is 24.7. The van der Waals surface area contributed by atoms with E-state index in [4.69, 9.17) is 23.2 Å². The van der Waals surface area contributed by atoms with Gasteiger partial charge in [0.2, 0.25) is 0 Å². The maximum absolute atomic E-state index is 12.8. The van der Waals surface area contributed by atoms with Crippen molar-refractivity contribution in [2.45, 2.75) is 38.6 Å². The first-order chi connectivity index (χ1) is 16.0. The highest BCUT2D eigenvalue weighted by Crippen LogP contribution is 2.33. The number of hydrogen-bond acceptors (Lipinski definition) is 3. The fourth-order valence-corrected chi connectivity index (χ4v) is 4.97. The molecule has 182 valence electrons. The molecular weight excluding hydrogens is 490 g/mol. The van der Waals surface area contributed by atoms with Crippen molar-refractivity contribution in [1.29, 1.82) is 0 Å². The van der Waals surface area contributed by atoms with Gasteiger partial charge in [-0.05, 0) is 86.3 Å². The highest BCUT2D eigenvalue weighted by atomic mass is 35.5. The van der Waals surface area contributed by atoms with Crippen LogP contribution in [0.1, 0.15) is 35.6 Å². The number of likely N-dealkylation sites (tertiary alicyclic amines) is 1. The molecule has 1 fully saturated rings. The fraction of sp³-hybridized carbons (Fsp3) is 0.375. The summed E-state index contributed by atoms with van der Waals surface area (Å²) in [5.41, 5.74) is 3.14. The number of alkyl halides is 3. The summed E-state index contributed by atoms with van der Waals surface area (Å²) in [5.74, 6) is 0.0684. The summed E-state index contributed by atoms with van der Waals surface area (Å²) in [6.45, 7) is 4.28. The van der Waals surface area contributed by atoms with Gasteiger partial charge < -0.3 is 4.74 Å². The summed E-state index contributed by atoms with van der Waals surface area (Å²) in [5, 5.41) is 0.843. The van der Waals surface area contributed by atoms with Crippen LogP contribution in [0.3, 0.4) is 0 Å². The monoisotopic (exact) mass is 513 g/mol. The van der Waals surface area contributed by atoms with Gasteiger partial charge in [-0.1, -0.05) is 29.3 Å². The fourth-order valence-electron chi connectivity index (χ4n) is 4.53. The third kappa shape index (κ3) is 5.29. The van der Waals surface area contributed by atoms with E-state index in [-0.39, 0.29) is 10.8 Å². The molecule has 0 radical (unpaired) electrons. The normalized spacial score (nSPS) is 15.6. The minimum absolute atomic E-state index is 0.103. The highest BCUT2D eigenvalue weighted by Gasteiger charge is 2.31. The van der Waals surface area contributed by atoms with Gasteiger partial charge in [-0.3, -0.25) is 14.4 Å². The van der Waals surface area contributed by atoms with Gasteiger partial charge in [0.15, 0.2) is 0 Å². The maximum atomic E-state index is 12.8. The molecule has 10 heteroatoms. The molecular formula is C24H24Cl2F3N3O2. The van der Waals surface area contributed by atoms with E-state index in [0.717, 1.165) is 31.0 Å². The zero-order chi connectivity index (χ0) is 24.6. The number of piperidine rings is 1. The number of aromatic nitrogens is 2. The second kappa shape index (κ2) is 9.68. The Morgan fingerprint density at radius 3 is 2.32 bits per heavy atom. The third-order valence-corrected chi connectivity index (χ3v) is 6.90. The summed E-state index contributed by atoms with van der Waals surface area (Å²) in [4.78, 5) is 15.1. The van der Waals surface area contributed by atoms with Gasteiger partial charge in [0, 0.05) is 18.6 Å². The van der Waals surface area contributed by atoms with Crippen molar-refractivity contribution in [3.63, 3.8) is 0 Å². The van der Waals surface area contributed by atoms with Crippen molar-refractivity contribution < 1.29 is 17.9 Å². The van der Waals surface area contributed by atoms with Crippen LogP contribution >= 0.6 is 23.2 Å².